The van der Waals surface area contributed by atoms with Crippen LogP contribution in [0.2, 0.25) is 0 Å². The van der Waals surface area contributed by atoms with E-state index in [4.69, 9.17) is 4.74 Å². The standard InChI is InChI=1S/C17H20N2O3/c1-11-5-6-12(2)14(9-11)18-16(21)10-22-17-13(3)19(4)8-7-15(17)20/h5-9H,10H2,1-4H3,(H,18,21)/p+1. The minimum atomic E-state index is -0.265. The monoisotopic (exact) mass is 301 g/mol. The third kappa shape index (κ3) is 3.55. The summed E-state index contributed by atoms with van der Waals surface area (Å²) in [5.41, 5.74) is 3.59. The highest BCUT2D eigenvalue weighted by Crippen LogP contribution is 2.26. The first-order valence-electron chi connectivity index (χ1n) is 7.06. The maximum absolute atomic E-state index is 12.0. The molecule has 1 aromatic heterocycles. The molecule has 0 saturated heterocycles. The van der Waals surface area contributed by atoms with E-state index in [1.807, 2.05) is 50.6 Å². The molecule has 1 heterocycles. The van der Waals surface area contributed by atoms with Crippen LogP contribution in [0.3, 0.4) is 0 Å². The van der Waals surface area contributed by atoms with Gasteiger partial charge >= 0.3 is 0 Å². The van der Waals surface area contributed by atoms with Crippen LogP contribution in [0.4, 0.5) is 5.69 Å². The van der Waals surface area contributed by atoms with E-state index >= 15 is 0 Å². The number of ether oxygens (including phenoxy) is 1. The summed E-state index contributed by atoms with van der Waals surface area (Å²) in [6.45, 7) is 5.56. The molecular formula is C17H21N2O3+. The highest BCUT2D eigenvalue weighted by atomic mass is 16.5. The van der Waals surface area contributed by atoms with Gasteiger partial charge in [0, 0.05) is 18.7 Å². The molecule has 2 N–H and O–H groups in total. The van der Waals surface area contributed by atoms with Crippen LogP contribution in [-0.2, 0) is 11.8 Å². The number of aromatic hydroxyl groups is 1. The molecule has 0 aliphatic rings. The first-order valence-corrected chi connectivity index (χ1v) is 7.06. The molecule has 116 valence electrons. The zero-order valence-corrected chi connectivity index (χ0v) is 13.3. The number of aromatic nitrogens is 1. The lowest BCUT2D eigenvalue weighted by atomic mass is 10.1. The van der Waals surface area contributed by atoms with E-state index in [-0.39, 0.29) is 18.3 Å². The summed E-state index contributed by atoms with van der Waals surface area (Å²) in [7, 11) is 1.85. The van der Waals surface area contributed by atoms with E-state index in [1.54, 1.807) is 6.20 Å². The van der Waals surface area contributed by atoms with Crippen LogP contribution in [0.5, 0.6) is 11.5 Å². The van der Waals surface area contributed by atoms with Gasteiger partial charge < -0.3 is 15.2 Å². The molecule has 22 heavy (non-hydrogen) atoms. The first-order chi connectivity index (χ1) is 10.4. The van der Waals surface area contributed by atoms with Gasteiger partial charge in [0.2, 0.25) is 11.4 Å². The number of benzene rings is 1. The number of aryl methyl sites for hydroxylation is 3. The highest BCUT2D eigenvalue weighted by molar-refractivity contribution is 5.92. The second kappa shape index (κ2) is 6.47. The Morgan fingerprint density at radius 1 is 1.27 bits per heavy atom. The van der Waals surface area contributed by atoms with Crippen LogP contribution in [0.25, 0.3) is 0 Å². The Morgan fingerprint density at radius 3 is 2.73 bits per heavy atom. The van der Waals surface area contributed by atoms with Gasteiger partial charge in [-0.05, 0) is 31.0 Å². The van der Waals surface area contributed by atoms with Gasteiger partial charge in [-0.2, -0.15) is 0 Å². The summed E-state index contributed by atoms with van der Waals surface area (Å²) in [6, 6.07) is 7.40. The molecule has 1 amide bonds. The van der Waals surface area contributed by atoms with Crippen molar-refractivity contribution in [3.8, 4) is 11.5 Å². The van der Waals surface area contributed by atoms with Crippen molar-refractivity contribution in [2.24, 2.45) is 7.05 Å². The Morgan fingerprint density at radius 2 is 2.00 bits per heavy atom. The molecule has 5 heteroatoms. The molecule has 0 spiro atoms. The third-order valence-electron chi connectivity index (χ3n) is 3.56. The molecule has 0 saturated carbocycles. The van der Waals surface area contributed by atoms with Crippen LogP contribution in [0.1, 0.15) is 16.8 Å². The average Bonchev–Trinajstić information content (AvgIpc) is 2.47. The minimum Gasteiger partial charge on any atom is -0.504 e. The van der Waals surface area contributed by atoms with Crippen molar-refractivity contribution in [3.05, 3.63) is 47.3 Å². The van der Waals surface area contributed by atoms with Gasteiger partial charge in [-0.25, -0.2) is 4.57 Å². The van der Waals surface area contributed by atoms with Gasteiger partial charge in [-0.15, -0.1) is 0 Å². The normalized spacial score (nSPS) is 10.4. The molecule has 0 atom stereocenters. The van der Waals surface area contributed by atoms with Crippen molar-refractivity contribution < 1.29 is 19.2 Å². The fourth-order valence-corrected chi connectivity index (χ4v) is 2.09. The lowest BCUT2D eigenvalue weighted by molar-refractivity contribution is -0.678. The summed E-state index contributed by atoms with van der Waals surface area (Å²) in [5, 5.41) is 12.7. The quantitative estimate of drug-likeness (QED) is 0.851. The Bertz CT molecular complexity index is 711. The average molecular weight is 301 g/mol. The largest absolute Gasteiger partial charge is 0.504 e. The topological polar surface area (TPSA) is 62.4 Å². The second-order valence-corrected chi connectivity index (χ2v) is 5.38. The molecule has 0 radical (unpaired) electrons. The van der Waals surface area contributed by atoms with Crippen LogP contribution in [0.15, 0.2) is 30.5 Å². The number of nitrogens with zero attached hydrogens (tertiary/aromatic N) is 1. The van der Waals surface area contributed by atoms with E-state index in [9.17, 15) is 9.90 Å². The van der Waals surface area contributed by atoms with E-state index in [0.29, 0.717) is 5.75 Å². The molecule has 0 unspecified atom stereocenters. The number of hydrogen-bond acceptors (Lipinski definition) is 3. The molecule has 2 rings (SSSR count). The summed E-state index contributed by atoms with van der Waals surface area (Å²) in [6.07, 6.45) is 1.73. The zero-order chi connectivity index (χ0) is 16.3. The van der Waals surface area contributed by atoms with Crippen LogP contribution in [0, 0.1) is 20.8 Å². The Labute approximate surface area is 130 Å². The number of hydrogen-bond donors (Lipinski definition) is 2. The van der Waals surface area contributed by atoms with Crippen LogP contribution >= 0.6 is 0 Å². The first kappa shape index (κ1) is 15.8. The van der Waals surface area contributed by atoms with Gasteiger partial charge in [0.15, 0.2) is 18.6 Å². The SMILES string of the molecule is Cc1ccc(C)c(NC(=O)COc2c(O)cc[n+](C)c2C)c1. The fourth-order valence-electron chi connectivity index (χ4n) is 2.09. The molecule has 0 aliphatic carbocycles. The van der Waals surface area contributed by atoms with E-state index in [0.717, 1.165) is 22.5 Å². The van der Waals surface area contributed by atoms with Crippen molar-refractivity contribution in [3.63, 3.8) is 0 Å². The van der Waals surface area contributed by atoms with Gasteiger partial charge in [-0.3, -0.25) is 4.79 Å². The highest BCUT2D eigenvalue weighted by Gasteiger charge is 2.16. The van der Waals surface area contributed by atoms with Crippen LogP contribution in [-0.4, -0.2) is 17.6 Å². The van der Waals surface area contributed by atoms with Gasteiger partial charge in [0.25, 0.3) is 5.91 Å². The predicted octanol–water partition coefficient (Wildman–Crippen LogP) is 2.16. The van der Waals surface area contributed by atoms with Crippen molar-refractivity contribution >= 4 is 11.6 Å². The smallest absolute Gasteiger partial charge is 0.262 e. The Balaban J connectivity index is 2.05. The number of nitrogens with one attached hydrogen (secondary N) is 1. The number of carbonyl (C=O) groups is 1. The minimum absolute atomic E-state index is 0.0233. The van der Waals surface area contributed by atoms with Crippen LogP contribution < -0.4 is 14.6 Å². The number of rotatable bonds is 4. The lowest BCUT2D eigenvalue weighted by Gasteiger charge is -2.11. The van der Waals surface area contributed by atoms with E-state index in [2.05, 4.69) is 5.32 Å². The molecule has 0 fully saturated rings. The second-order valence-electron chi connectivity index (χ2n) is 5.38. The lowest BCUT2D eigenvalue weighted by Crippen LogP contribution is -2.32. The van der Waals surface area contributed by atoms with Crippen molar-refractivity contribution in [2.45, 2.75) is 20.8 Å². The molecule has 2 aromatic rings. The third-order valence-corrected chi connectivity index (χ3v) is 3.56. The van der Waals surface area contributed by atoms with E-state index < -0.39 is 0 Å². The summed E-state index contributed by atoms with van der Waals surface area (Å²) < 4.78 is 7.29. The van der Waals surface area contributed by atoms with Crippen molar-refractivity contribution in [1.29, 1.82) is 0 Å². The maximum Gasteiger partial charge on any atom is 0.262 e. The fraction of sp³-hybridized carbons (Fsp3) is 0.294. The number of pyridine rings is 1. The molecule has 1 aromatic carbocycles. The summed E-state index contributed by atoms with van der Waals surface area (Å²) >= 11 is 0. The zero-order valence-electron chi connectivity index (χ0n) is 13.3. The van der Waals surface area contributed by atoms with Gasteiger partial charge in [0.05, 0.1) is 0 Å². The Hall–Kier alpha value is -2.56. The molecule has 0 bridgehead atoms. The number of carbonyl (C=O) groups excluding carboxylic acids is 1. The summed E-state index contributed by atoms with van der Waals surface area (Å²) in [4.78, 5) is 12.0. The maximum atomic E-state index is 12.0. The number of amides is 1. The van der Waals surface area contributed by atoms with Gasteiger partial charge in [-0.1, -0.05) is 12.1 Å². The number of anilines is 1. The van der Waals surface area contributed by atoms with Crippen molar-refractivity contribution in [1.82, 2.24) is 0 Å². The van der Waals surface area contributed by atoms with Gasteiger partial charge in [0.1, 0.15) is 7.05 Å². The van der Waals surface area contributed by atoms with E-state index in [1.165, 1.54) is 6.07 Å². The molecule has 5 nitrogen and oxygen atoms in total. The molecular weight excluding hydrogens is 280 g/mol. The Kier molecular flexibility index (Phi) is 4.65. The van der Waals surface area contributed by atoms with Crippen molar-refractivity contribution in [2.75, 3.05) is 11.9 Å². The molecule has 0 aliphatic heterocycles. The predicted molar refractivity (Wildman–Crippen MR) is 84.1 cm³/mol. The summed E-state index contributed by atoms with van der Waals surface area (Å²) in [5.74, 6) is 0.0789.